The van der Waals surface area contributed by atoms with Crippen molar-refractivity contribution in [2.75, 3.05) is 0 Å². The lowest BCUT2D eigenvalue weighted by atomic mass is 9.67. The van der Waals surface area contributed by atoms with Gasteiger partial charge < -0.3 is 10.8 Å². The molecule has 2 aliphatic rings. The Hall–Kier alpha value is -0.830. The van der Waals surface area contributed by atoms with Crippen LogP contribution in [0.5, 0.6) is 0 Å². The molecule has 2 aliphatic carbocycles. The van der Waals surface area contributed by atoms with Crippen molar-refractivity contribution >= 4 is 5.91 Å². The monoisotopic (exact) mass is 279 g/mol. The number of primary amides is 1. The third-order valence-corrected chi connectivity index (χ3v) is 5.64. The lowest BCUT2D eigenvalue weighted by Gasteiger charge is -2.43. The van der Waals surface area contributed by atoms with Gasteiger partial charge in [0.25, 0.3) is 0 Å². The zero-order valence-corrected chi connectivity index (χ0v) is 12.9. The van der Waals surface area contributed by atoms with E-state index in [4.69, 9.17) is 5.73 Å². The minimum Gasteiger partial charge on any atom is -0.389 e. The fourth-order valence-electron chi connectivity index (χ4n) is 4.44. The van der Waals surface area contributed by atoms with Crippen LogP contribution in [0.4, 0.5) is 0 Å². The van der Waals surface area contributed by atoms with Gasteiger partial charge in [-0.15, -0.1) is 0 Å². The molecule has 114 valence electrons. The SMILES string of the molecule is C/C(=C\C(C)C(O)(C1CCCC1)C1CCCC1)C(N)=O. The van der Waals surface area contributed by atoms with Crippen molar-refractivity contribution < 1.29 is 9.90 Å². The lowest BCUT2D eigenvalue weighted by molar-refractivity contribution is -0.114. The van der Waals surface area contributed by atoms with Crippen LogP contribution in [0.3, 0.4) is 0 Å². The summed E-state index contributed by atoms with van der Waals surface area (Å²) in [5.74, 6) is 0.397. The molecule has 1 atom stereocenters. The highest BCUT2D eigenvalue weighted by Gasteiger charge is 2.48. The summed E-state index contributed by atoms with van der Waals surface area (Å²) in [6.45, 7) is 3.81. The summed E-state index contributed by atoms with van der Waals surface area (Å²) in [4.78, 5) is 11.3. The maximum Gasteiger partial charge on any atom is 0.244 e. The quantitative estimate of drug-likeness (QED) is 0.759. The molecule has 0 spiro atoms. The zero-order valence-electron chi connectivity index (χ0n) is 12.9. The molecule has 0 saturated heterocycles. The Labute approximate surface area is 122 Å². The number of rotatable bonds is 5. The number of nitrogens with two attached hydrogens (primary N) is 1. The van der Waals surface area contributed by atoms with E-state index < -0.39 is 5.60 Å². The maximum absolute atomic E-state index is 11.5. The lowest BCUT2D eigenvalue weighted by Crippen LogP contribution is -2.48. The number of hydrogen-bond acceptors (Lipinski definition) is 2. The van der Waals surface area contributed by atoms with Crippen molar-refractivity contribution in [3.05, 3.63) is 11.6 Å². The van der Waals surface area contributed by atoms with Crippen LogP contribution in [-0.2, 0) is 4.79 Å². The highest BCUT2D eigenvalue weighted by molar-refractivity contribution is 5.91. The van der Waals surface area contributed by atoms with Crippen LogP contribution in [0, 0.1) is 17.8 Å². The molecule has 1 unspecified atom stereocenters. The highest BCUT2D eigenvalue weighted by atomic mass is 16.3. The van der Waals surface area contributed by atoms with Gasteiger partial charge in [0.1, 0.15) is 0 Å². The Balaban J connectivity index is 2.25. The Morgan fingerprint density at radius 3 is 1.90 bits per heavy atom. The Morgan fingerprint density at radius 1 is 1.15 bits per heavy atom. The summed E-state index contributed by atoms with van der Waals surface area (Å²) in [7, 11) is 0. The van der Waals surface area contributed by atoms with Crippen LogP contribution in [-0.4, -0.2) is 16.6 Å². The van der Waals surface area contributed by atoms with Gasteiger partial charge in [0, 0.05) is 11.5 Å². The molecule has 2 saturated carbocycles. The van der Waals surface area contributed by atoms with Crippen molar-refractivity contribution in [3.63, 3.8) is 0 Å². The molecule has 3 heteroatoms. The number of carbonyl (C=O) groups is 1. The van der Waals surface area contributed by atoms with Gasteiger partial charge in [-0.25, -0.2) is 0 Å². The van der Waals surface area contributed by atoms with E-state index in [9.17, 15) is 9.90 Å². The third-order valence-electron chi connectivity index (χ3n) is 5.64. The molecule has 0 aromatic rings. The van der Waals surface area contributed by atoms with E-state index in [-0.39, 0.29) is 11.8 Å². The summed E-state index contributed by atoms with van der Waals surface area (Å²) in [6, 6.07) is 0. The molecule has 3 N–H and O–H groups in total. The van der Waals surface area contributed by atoms with Crippen molar-refractivity contribution in [1.29, 1.82) is 0 Å². The minimum atomic E-state index is -0.649. The Morgan fingerprint density at radius 2 is 1.55 bits per heavy atom. The topological polar surface area (TPSA) is 63.3 Å². The predicted octanol–water partition coefficient (Wildman–Crippen LogP) is 3.17. The molecule has 0 aromatic carbocycles. The van der Waals surface area contributed by atoms with Crippen molar-refractivity contribution in [2.45, 2.75) is 70.8 Å². The molecule has 0 aliphatic heterocycles. The first kappa shape index (κ1) is 15.6. The van der Waals surface area contributed by atoms with Gasteiger partial charge in [0.05, 0.1) is 5.60 Å². The molecule has 0 heterocycles. The molecule has 20 heavy (non-hydrogen) atoms. The molecule has 0 bridgehead atoms. The second kappa shape index (κ2) is 6.30. The molecule has 2 fully saturated rings. The summed E-state index contributed by atoms with van der Waals surface area (Å²) >= 11 is 0. The second-order valence-electron chi connectivity index (χ2n) is 6.85. The zero-order chi connectivity index (χ0) is 14.8. The van der Waals surface area contributed by atoms with E-state index >= 15 is 0 Å². The van der Waals surface area contributed by atoms with Gasteiger partial charge in [0.2, 0.25) is 5.91 Å². The fourth-order valence-corrected chi connectivity index (χ4v) is 4.44. The molecular formula is C17H29NO2. The average Bonchev–Trinajstić information content (AvgIpc) is 3.10. The van der Waals surface area contributed by atoms with Crippen LogP contribution in [0.2, 0.25) is 0 Å². The smallest absolute Gasteiger partial charge is 0.244 e. The molecular weight excluding hydrogens is 250 g/mol. The first-order chi connectivity index (χ1) is 9.46. The molecule has 0 aromatic heterocycles. The van der Waals surface area contributed by atoms with Gasteiger partial charge >= 0.3 is 0 Å². The summed E-state index contributed by atoms with van der Waals surface area (Å²) < 4.78 is 0. The van der Waals surface area contributed by atoms with E-state index in [1.807, 2.05) is 6.08 Å². The Bertz CT molecular complexity index is 360. The van der Waals surface area contributed by atoms with E-state index in [1.54, 1.807) is 6.92 Å². The van der Waals surface area contributed by atoms with Crippen LogP contribution in [0.15, 0.2) is 11.6 Å². The van der Waals surface area contributed by atoms with Crippen LogP contribution < -0.4 is 5.73 Å². The first-order valence-electron chi connectivity index (χ1n) is 8.16. The molecule has 3 nitrogen and oxygen atoms in total. The Kier molecular flexibility index (Phi) is 4.90. The highest BCUT2D eigenvalue weighted by Crippen LogP contribution is 2.48. The summed E-state index contributed by atoms with van der Waals surface area (Å²) in [6.07, 6.45) is 11.3. The maximum atomic E-state index is 11.5. The number of hydrogen-bond donors (Lipinski definition) is 2. The van der Waals surface area contributed by atoms with Gasteiger partial charge in [-0.3, -0.25) is 4.79 Å². The van der Waals surface area contributed by atoms with Gasteiger partial charge in [-0.2, -0.15) is 0 Å². The van der Waals surface area contributed by atoms with E-state index in [0.717, 1.165) is 25.7 Å². The van der Waals surface area contributed by atoms with Crippen LogP contribution in [0.25, 0.3) is 0 Å². The number of aliphatic hydroxyl groups is 1. The van der Waals surface area contributed by atoms with Gasteiger partial charge in [-0.1, -0.05) is 38.7 Å². The molecule has 2 rings (SSSR count). The van der Waals surface area contributed by atoms with Crippen LogP contribution >= 0.6 is 0 Å². The predicted molar refractivity (Wildman–Crippen MR) is 81.0 cm³/mol. The number of carbonyl (C=O) groups excluding carboxylic acids is 1. The average molecular weight is 279 g/mol. The normalized spacial score (nSPS) is 24.2. The van der Waals surface area contributed by atoms with E-state index in [0.29, 0.717) is 17.4 Å². The van der Waals surface area contributed by atoms with Gasteiger partial charge in [-0.05, 0) is 44.4 Å². The fraction of sp³-hybridized carbons (Fsp3) is 0.824. The minimum absolute atomic E-state index is 0.00111. The number of amides is 1. The van der Waals surface area contributed by atoms with Crippen molar-refractivity contribution in [1.82, 2.24) is 0 Å². The van der Waals surface area contributed by atoms with E-state index in [2.05, 4.69) is 6.92 Å². The summed E-state index contributed by atoms with van der Waals surface area (Å²) in [5, 5.41) is 11.5. The third kappa shape index (κ3) is 2.93. The molecule has 0 radical (unpaired) electrons. The van der Waals surface area contributed by atoms with E-state index in [1.165, 1.54) is 25.7 Å². The van der Waals surface area contributed by atoms with Crippen molar-refractivity contribution in [2.24, 2.45) is 23.5 Å². The van der Waals surface area contributed by atoms with Gasteiger partial charge in [0.15, 0.2) is 0 Å². The molecule has 1 amide bonds. The summed E-state index contributed by atoms with van der Waals surface area (Å²) in [5.41, 5.74) is 5.27. The van der Waals surface area contributed by atoms with Crippen LogP contribution in [0.1, 0.15) is 65.2 Å². The first-order valence-corrected chi connectivity index (χ1v) is 8.16. The standard InChI is InChI=1S/C17H29NO2/c1-12(16(18)19)11-13(2)17(20,14-7-3-4-8-14)15-9-5-6-10-15/h11,13-15,20H,3-10H2,1-2H3,(H2,18,19)/b12-11+. The largest absolute Gasteiger partial charge is 0.389 e. The second-order valence-corrected chi connectivity index (χ2v) is 6.85. The van der Waals surface area contributed by atoms with Crippen molar-refractivity contribution in [3.8, 4) is 0 Å².